The van der Waals surface area contributed by atoms with Crippen LogP contribution >= 0.6 is 15.9 Å². The maximum Gasteiger partial charge on any atom is 0.135 e. The monoisotopic (exact) mass is 305 g/mol. The normalized spacial score (nSPS) is 10.3. The topological polar surface area (TPSA) is 37.8 Å². The van der Waals surface area contributed by atoms with Crippen molar-refractivity contribution >= 4 is 21.7 Å². The summed E-state index contributed by atoms with van der Waals surface area (Å²) in [4.78, 5) is 8.80. The maximum atomic E-state index is 4.50. The van der Waals surface area contributed by atoms with Gasteiger partial charge >= 0.3 is 0 Å². The second kappa shape index (κ2) is 6.50. The fourth-order valence-electron chi connectivity index (χ4n) is 1.67. The van der Waals surface area contributed by atoms with Crippen molar-refractivity contribution in [2.75, 3.05) is 11.9 Å². The molecule has 0 unspecified atom stereocenters. The first kappa shape index (κ1) is 13.0. The number of halogens is 1. The zero-order chi connectivity index (χ0) is 12.8. The lowest BCUT2D eigenvalue weighted by Gasteiger charge is -2.06. The minimum Gasteiger partial charge on any atom is -0.370 e. The Morgan fingerprint density at radius 2 is 2.17 bits per heavy atom. The molecule has 0 fully saturated rings. The smallest absolute Gasteiger partial charge is 0.135 e. The van der Waals surface area contributed by atoms with Gasteiger partial charge in [0.2, 0.25) is 0 Å². The van der Waals surface area contributed by atoms with E-state index < -0.39 is 0 Å². The largest absolute Gasteiger partial charge is 0.370 e. The number of benzene rings is 1. The molecule has 0 aliphatic heterocycles. The molecule has 1 N–H and O–H groups in total. The van der Waals surface area contributed by atoms with Gasteiger partial charge in [-0.05, 0) is 30.2 Å². The van der Waals surface area contributed by atoms with Crippen molar-refractivity contribution in [3.63, 3.8) is 0 Å². The second-order valence-corrected chi connectivity index (χ2v) is 5.01. The SMILES string of the molecule is CCCNc1ccnc(Cc2cccc(Br)c2)n1. The van der Waals surface area contributed by atoms with Crippen LogP contribution < -0.4 is 5.32 Å². The van der Waals surface area contributed by atoms with Gasteiger partial charge in [0.1, 0.15) is 11.6 Å². The van der Waals surface area contributed by atoms with Crippen molar-refractivity contribution in [2.24, 2.45) is 0 Å². The third-order valence-electron chi connectivity index (χ3n) is 2.51. The summed E-state index contributed by atoms with van der Waals surface area (Å²) >= 11 is 3.47. The molecule has 18 heavy (non-hydrogen) atoms. The number of anilines is 1. The van der Waals surface area contributed by atoms with Crippen LogP contribution in [0.5, 0.6) is 0 Å². The van der Waals surface area contributed by atoms with E-state index in [4.69, 9.17) is 0 Å². The minimum absolute atomic E-state index is 0.751. The summed E-state index contributed by atoms with van der Waals surface area (Å²) in [5.41, 5.74) is 1.21. The number of hydrogen-bond acceptors (Lipinski definition) is 3. The summed E-state index contributed by atoms with van der Waals surface area (Å²) in [6.45, 7) is 3.07. The Morgan fingerprint density at radius 1 is 1.28 bits per heavy atom. The Bertz CT molecular complexity index is 514. The lowest BCUT2D eigenvalue weighted by atomic mass is 10.1. The Hall–Kier alpha value is -1.42. The number of nitrogens with one attached hydrogen (secondary N) is 1. The van der Waals surface area contributed by atoms with Crippen LogP contribution in [0, 0.1) is 0 Å². The molecule has 0 saturated heterocycles. The highest BCUT2D eigenvalue weighted by Crippen LogP contribution is 2.14. The van der Waals surface area contributed by atoms with Gasteiger partial charge in [-0.15, -0.1) is 0 Å². The fourth-order valence-corrected chi connectivity index (χ4v) is 2.11. The number of hydrogen-bond donors (Lipinski definition) is 1. The molecular weight excluding hydrogens is 290 g/mol. The molecule has 94 valence electrons. The molecule has 1 heterocycles. The third kappa shape index (κ3) is 3.81. The highest BCUT2D eigenvalue weighted by atomic mass is 79.9. The van der Waals surface area contributed by atoms with Crippen LogP contribution in [0.4, 0.5) is 5.82 Å². The van der Waals surface area contributed by atoms with E-state index in [0.717, 1.165) is 35.5 Å². The Labute approximate surface area is 116 Å². The van der Waals surface area contributed by atoms with Crippen LogP contribution in [0.25, 0.3) is 0 Å². The molecule has 2 rings (SSSR count). The van der Waals surface area contributed by atoms with Crippen molar-refractivity contribution < 1.29 is 0 Å². The van der Waals surface area contributed by atoms with E-state index in [1.54, 1.807) is 6.20 Å². The summed E-state index contributed by atoms with van der Waals surface area (Å²) in [6, 6.07) is 10.1. The van der Waals surface area contributed by atoms with Gasteiger partial charge < -0.3 is 5.32 Å². The molecule has 4 heteroatoms. The van der Waals surface area contributed by atoms with Gasteiger partial charge in [0.15, 0.2) is 0 Å². The number of aromatic nitrogens is 2. The summed E-state index contributed by atoms with van der Waals surface area (Å²) < 4.78 is 1.08. The molecular formula is C14H16BrN3. The minimum atomic E-state index is 0.751. The van der Waals surface area contributed by atoms with Crippen molar-refractivity contribution in [2.45, 2.75) is 19.8 Å². The summed E-state index contributed by atoms with van der Waals surface area (Å²) in [5.74, 6) is 1.74. The summed E-state index contributed by atoms with van der Waals surface area (Å²) in [5, 5.41) is 3.27. The van der Waals surface area contributed by atoms with E-state index in [0.29, 0.717) is 0 Å². The quantitative estimate of drug-likeness (QED) is 0.916. The maximum absolute atomic E-state index is 4.50. The van der Waals surface area contributed by atoms with Gasteiger partial charge in [0.25, 0.3) is 0 Å². The van der Waals surface area contributed by atoms with Crippen molar-refractivity contribution in [1.82, 2.24) is 9.97 Å². The molecule has 0 aliphatic carbocycles. The molecule has 3 nitrogen and oxygen atoms in total. The van der Waals surface area contributed by atoms with Gasteiger partial charge in [-0.2, -0.15) is 0 Å². The van der Waals surface area contributed by atoms with E-state index in [9.17, 15) is 0 Å². The first-order valence-electron chi connectivity index (χ1n) is 6.08. The van der Waals surface area contributed by atoms with E-state index in [2.05, 4.69) is 50.3 Å². The van der Waals surface area contributed by atoms with E-state index in [-0.39, 0.29) is 0 Å². The average molecular weight is 306 g/mol. The first-order valence-corrected chi connectivity index (χ1v) is 6.87. The molecule has 0 amide bonds. The van der Waals surface area contributed by atoms with E-state index in [1.165, 1.54) is 5.56 Å². The predicted octanol–water partition coefficient (Wildman–Crippen LogP) is 3.65. The molecule has 0 radical (unpaired) electrons. The molecule has 1 aromatic heterocycles. The van der Waals surface area contributed by atoms with E-state index >= 15 is 0 Å². The molecule has 0 aliphatic rings. The number of nitrogens with zero attached hydrogens (tertiary/aromatic N) is 2. The number of rotatable bonds is 5. The molecule has 0 bridgehead atoms. The van der Waals surface area contributed by atoms with Crippen LogP contribution in [0.3, 0.4) is 0 Å². The Morgan fingerprint density at radius 3 is 2.94 bits per heavy atom. The van der Waals surface area contributed by atoms with Crippen molar-refractivity contribution in [3.05, 3.63) is 52.4 Å². The lowest BCUT2D eigenvalue weighted by molar-refractivity contribution is 0.931. The zero-order valence-electron chi connectivity index (χ0n) is 10.4. The highest BCUT2D eigenvalue weighted by molar-refractivity contribution is 9.10. The Kier molecular flexibility index (Phi) is 4.70. The van der Waals surface area contributed by atoms with Gasteiger partial charge in [0, 0.05) is 23.6 Å². The highest BCUT2D eigenvalue weighted by Gasteiger charge is 2.01. The van der Waals surface area contributed by atoms with Gasteiger partial charge in [-0.3, -0.25) is 0 Å². The first-order chi connectivity index (χ1) is 8.78. The van der Waals surface area contributed by atoms with Crippen LogP contribution in [-0.2, 0) is 6.42 Å². The molecule has 1 aromatic carbocycles. The zero-order valence-corrected chi connectivity index (χ0v) is 11.9. The second-order valence-electron chi connectivity index (χ2n) is 4.09. The predicted molar refractivity (Wildman–Crippen MR) is 77.8 cm³/mol. The van der Waals surface area contributed by atoms with Crippen LogP contribution in [-0.4, -0.2) is 16.5 Å². The molecule has 0 saturated carbocycles. The van der Waals surface area contributed by atoms with Crippen molar-refractivity contribution in [3.8, 4) is 0 Å². The molecule has 0 atom stereocenters. The lowest BCUT2D eigenvalue weighted by Crippen LogP contribution is -2.05. The summed E-state index contributed by atoms with van der Waals surface area (Å²) in [7, 11) is 0. The van der Waals surface area contributed by atoms with Gasteiger partial charge in [-0.25, -0.2) is 9.97 Å². The Balaban J connectivity index is 2.09. The summed E-state index contributed by atoms with van der Waals surface area (Å²) in [6.07, 6.45) is 3.64. The van der Waals surface area contributed by atoms with Crippen LogP contribution in [0.15, 0.2) is 41.0 Å². The van der Waals surface area contributed by atoms with Crippen LogP contribution in [0.2, 0.25) is 0 Å². The van der Waals surface area contributed by atoms with Gasteiger partial charge in [-0.1, -0.05) is 35.0 Å². The standard InChI is InChI=1S/C14H16BrN3/c1-2-7-16-13-6-8-17-14(18-13)10-11-4-3-5-12(15)9-11/h3-6,8-9H,2,7,10H2,1H3,(H,16,17,18). The van der Waals surface area contributed by atoms with Crippen molar-refractivity contribution in [1.29, 1.82) is 0 Å². The van der Waals surface area contributed by atoms with Crippen LogP contribution in [0.1, 0.15) is 24.7 Å². The molecule has 0 spiro atoms. The fraction of sp³-hybridized carbons (Fsp3) is 0.286. The van der Waals surface area contributed by atoms with E-state index in [1.807, 2.05) is 18.2 Å². The third-order valence-corrected chi connectivity index (χ3v) is 3.01. The average Bonchev–Trinajstić information content (AvgIpc) is 2.37. The van der Waals surface area contributed by atoms with Gasteiger partial charge in [0.05, 0.1) is 0 Å². The molecule has 2 aromatic rings.